The van der Waals surface area contributed by atoms with Gasteiger partial charge in [-0.2, -0.15) is 10.1 Å². The highest BCUT2D eigenvalue weighted by molar-refractivity contribution is 5.85. The van der Waals surface area contributed by atoms with Gasteiger partial charge >= 0.3 is 5.97 Å². The Morgan fingerprint density at radius 1 is 1.48 bits per heavy atom. The Balaban J connectivity index is 2.08. The van der Waals surface area contributed by atoms with Crippen LogP contribution in [0.5, 0.6) is 0 Å². The largest absolute Gasteiger partial charge is 0.476 e. The normalized spacial score (nSPS) is 10.7. The lowest BCUT2D eigenvalue weighted by atomic mass is 10.3. The maximum absolute atomic E-state index is 10.9. The summed E-state index contributed by atoms with van der Waals surface area (Å²) in [6.45, 7) is 1.91. The molecule has 1 N–H and O–H groups in total. The predicted octanol–water partition coefficient (Wildman–Crippen LogP) is 0.973. The van der Waals surface area contributed by atoms with E-state index in [1.165, 1.54) is 29.5 Å². The molecule has 0 saturated carbocycles. The Kier molecular flexibility index (Phi) is 3.14. The molecule has 0 radical (unpaired) electrons. The van der Waals surface area contributed by atoms with Gasteiger partial charge in [-0.3, -0.25) is 0 Å². The van der Waals surface area contributed by atoms with Crippen LogP contribution in [0, 0.1) is 0 Å². The average Bonchev–Trinajstić information content (AvgIpc) is 3.16. The summed E-state index contributed by atoms with van der Waals surface area (Å²) in [7, 11) is 0. The van der Waals surface area contributed by atoms with Crippen molar-refractivity contribution in [1.82, 2.24) is 29.9 Å². The first-order chi connectivity index (χ1) is 10.2. The third-order valence-corrected chi connectivity index (χ3v) is 2.73. The smallest absolute Gasteiger partial charge is 0.356 e. The summed E-state index contributed by atoms with van der Waals surface area (Å²) < 4.78 is 6.49. The third kappa shape index (κ3) is 2.36. The number of hydrogen-bond donors (Lipinski definition) is 1. The van der Waals surface area contributed by atoms with E-state index in [4.69, 9.17) is 9.63 Å². The molecule has 0 atom stereocenters. The molecular weight excluding hydrogens is 276 g/mol. The van der Waals surface area contributed by atoms with E-state index in [2.05, 4.69) is 25.2 Å². The van der Waals surface area contributed by atoms with Crippen LogP contribution >= 0.6 is 0 Å². The molecule has 9 heteroatoms. The van der Waals surface area contributed by atoms with Gasteiger partial charge in [-0.05, 0) is 6.07 Å². The molecule has 3 aromatic heterocycles. The first kappa shape index (κ1) is 12.9. The quantitative estimate of drug-likeness (QED) is 0.753. The van der Waals surface area contributed by atoms with Crippen molar-refractivity contribution in [3.8, 4) is 17.3 Å². The van der Waals surface area contributed by atoms with Gasteiger partial charge in [0, 0.05) is 18.8 Å². The number of aromatic nitrogens is 6. The Morgan fingerprint density at radius 2 is 2.33 bits per heavy atom. The van der Waals surface area contributed by atoms with Crippen LogP contribution in [0.15, 0.2) is 29.3 Å². The van der Waals surface area contributed by atoms with Crippen LogP contribution in [-0.2, 0) is 6.42 Å². The van der Waals surface area contributed by atoms with Crippen LogP contribution < -0.4 is 0 Å². The molecule has 0 aliphatic rings. The van der Waals surface area contributed by atoms with Gasteiger partial charge < -0.3 is 9.63 Å². The van der Waals surface area contributed by atoms with Crippen molar-refractivity contribution in [3.63, 3.8) is 0 Å². The number of carboxylic acid groups (broad SMARTS) is 1. The summed E-state index contributed by atoms with van der Waals surface area (Å²) in [5.74, 6) is 0.0699. The molecule has 0 saturated heterocycles. The molecule has 0 aromatic carbocycles. The van der Waals surface area contributed by atoms with E-state index in [1.54, 1.807) is 0 Å². The van der Waals surface area contributed by atoms with Gasteiger partial charge in [0.25, 0.3) is 5.89 Å². The van der Waals surface area contributed by atoms with Crippen molar-refractivity contribution in [1.29, 1.82) is 0 Å². The van der Waals surface area contributed by atoms with Crippen molar-refractivity contribution in [2.45, 2.75) is 13.3 Å². The topological polar surface area (TPSA) is 120 Å². The summed E-state index contributed by atoms with van der Waals surface area (Å²) in [4.78, 5) is 23.1. The van der Waals surface area contributed by atoms with E-state index >= 15 is 0 Å². The SMILES string of the molecule is CCc1noc(-c2cncnc2-n2ccc(C(=O)O)n2)n1. The number of carboxylic acids is 1. The lowest BCUT2D eigenvalue weighted by molar-refractivity contribution is 0.0690. The monoisotopic (exact) mass is 286 g/mol. The molecule has 0 bridgehead atoms. The van der Waals surface area contributed by atoms with Crippen LogP contribution in [0.2, 0.25) is 0 Å². The molecule has 21 heavy (non-hydrogen) atoms. The van der Waals surface area contributed by atoms with Crippen LogP contribution in [0.3, 0.4) is 0 Å². The molecule has 0 spiro atoms. The second-order valence-corrected chi connectivity index (χ2v) is 4.08. The number of hydrogen-bond acceptors (Lipinski definition) is 7. The molecule has 0 fully saturated rings. The third-order valence-electron chi connectivity index (χ3n) is 2.73. The first-order valence-corrected chi connectivity index (χ1v) is 6.11. The minimum atomic E-state index is -1.12. The molecule has 3 aromatic rings. The molecule has 0 aliphatic carbocycles. The minimum absolute atomic E-state index is 0.0839. The number of nitrogens with zero attached hydrogens (tertiary/aromatic N) is 6. The fraction of sp³-hybridized carbons (Fsp3) is 0.167. The summed E-state index contributed by atoms with van der Waals surface area (Å²) in [5.41, 5.74) is 0.393. The number of carbonyl (C=O) groups is 1. The maximum Gasteiger partial charge on any atom is 0.356 e. The van der Waals surface area contributed by atoms with E-state index in [-0.39, 0.29) is 11.6 Å². The van der Waals surface area contributed by atoms with Crippen LogP contribution in [0.25, 0.3) is 17.3 Å². The van der Waals surface area contributed by atoms with E-state index in [0.29, 0.717) is 23.6 Å². The van der Waals surface area contributed by atoms with E-state index in [9.17, 15) is 4.79 Å². The van der Waals surface area contributed by atoms with Crippen molar-refractivity contribution >= 4 is 5.97 Å². The summed E-state index contributed by atoms with van der Waals surface area (Å²) in [6, 6.07) is 1.37. The molecule has 3 rings (SSSR count). The van der Waals surface area contributed by atoms with E-state index < -0.39 is 5.97 Å². The zero-order valence-electron chi connectivity index (χ0n) is 11.0. The second-order valence-electron chi connectivity index (χ2n) is 4.08. The molecule has 3 heterocycles. The van der Waals surface area contributed by atoms with Gasteiger partial charge in [0.1, 0.15) is 11.9 Å². The molecule has 0 aliphatic heterocycles. The average molecular weight is 286 g/mol. The minimum Gasteiger partial charge on any atom is -0.476 e. The zero-order valence-corrected chi connectivity index (χ0v) is 11.0. The molecule has 9 nitrogen and oxygen atoms in total. The van der Waals surface area contributed by atoms with Gasteiger partial charge in [-0.15, -0.1) is 0 Å². The van der Waals surface area contributed by atoms with Crippen LogP contribution in [0.4, 0.5) is 0 Å². The summed E-state index contributed by atoms with van der Waals surface area (Å²) >= 11 is 0. The molecule has 106 valence electrons. The van der Waals surface area contributed by atoms with Gasteiger partial charge in [-0.1, -0.05) is 12.1 Å². The van der Waals surface area contributed by atoms with Crippen molar-refractivity contribution in [2.24, 2.45) is 0 Å². The number of aryl methyl sites for hydroxylation is 1. The van der Waals surface area contributed by atoms with Crippen molar-refractivity contribution in [2.75, 3.05) is 0 Å². The van der Waals surface area contributed by atoms with Gasteiger partial charge in [0.05, 0.1) is 0 Å². The highest BCUT2D eigenvalue weighted by atomic mass is 16.5. The summed E-state index contributed by atoms with van der Waals surface area (Å²) in [6.07, 6.45) is 4.97. The van der Waals surface area contributed by atoms with Gasteiger partial charge in [0.15, 0.2) is 17.3 Å². The fourth-order valence-electron chi connectivity index (χ4n) is 1.72. The Labute approximate surface area is 118 Å². The molecule has 0 amide bonds. The Bertz CT molecular complexity index is 794. The van der Waals surface area contributed by atoms with Gasteiger partial charge in [-0.25, -0.2) is 19.4 Å². The first-order valence-electron chi connectivity index (χ1n) is 6.11. The van der Waals surface area contributed by atoms with Crippen LogP contribution in [-0.4, -0.2) is 41.0 Å². The Hall–Kier alpha value is -3.10. The second kappa shape index (κ2) is 5.12. The number of aromatic carboxylic acids is 1. The lowest BCUT2D eigenvalue weighted by Crippen LogP contribution is -2.04. The molecule has 0 unspecified atom stereocenters. The molecular formula is C12H10N6O3. The highest BCUT2D eigenvalue weighted by Gasteiger charge is 2.17. The maximum atomic E-state index is 10.9. The predicted molar refractivity (Wildman–Crippen MR) is 68.8 cm³/mol. The standard InChI is InChI=1S/C12H10N6O3/c1-2-9-15-11(21-17-9)7-5-13-6-14-10(7)18-4-3-8(16-18)12(19)20/h3-6H,2H2,1H3,(H,19,20). The zero-order chi connectivity index (χ0) is 14.8. The summed E-state index contributed by atoms with van der Waals surface area (Å²) in [5, 5.41) is 16.7. The lowest BCUT2D eigenvalue weighted by Gasteiger charge is -2.03. The number of rotatable bonds is 4. The van der Waals surface area contributed by atoms with Crippen molar-refractivity contribution < 1.29 is 14.4 Å². The van der Waals surface area contributed by atoms with Gasteiger partial charge in [0.2, 0.25) is 0 Å². The van der Waals surface area contributed by atoms with E-state index in [0.717, 1.165) is 0 Å². The highest BCUT2D eigenvalue weighted by Crippen LogP contribution is 2.22. The van der Waals surface area contributed by atoms with E-state index in [1.807, 2.05) is 6.92 Å². The Morgan fingerprint density at radius 3 is 3.00 bits per heavy atom. The fourth-order valence-corrected chi connectivity index (χ4v) is 1.72. The van der Waals surface area contributed by atoms with Crippen molar-refractivity contribution in [3.05, 3.63) is 36.3 Å². The van der Waals surface area contributed by atoms with Crippen LogP contribution in [0.1, 0.15) is 23.2 Å².